The number of hydrogen-bond donors (Lipinski definition) is 1. The number of piperidine rings is 1. The maximum Gasteiger partial charge on any atom is 0.0326 e. The highest BCUT2D eigenvalue weighted by Crippen LogP contribution is 2.38. The van der Waals surface area contributed by atoms with Crippen molar-refractivity contribution in [3.8, 4) is 0 Å². The Morgan fingerprint density at radius 2 is 1.43 bits per heavy atom. The van der Waals surface area contributed by atoms with Crippen LogP contribution < -0.4 is 5.32 Å². The van der Waals surface area contributed by atoms with Crippen LogP contribution in [0.5, 0.6) is 0 Å². The van der Waals surface area contributed by atoms with Crippen LogP contribution in [0.1, 0.15) is 30.9 Å². The average molecular weight is 322 g/mol. The van der Waals surface area contributed by atoms with Crippen LogP contribution in [0.15, 0.2) is 54.6 Å². The minimum absolute atomic E-state index is 0. The Hall–Kier alpha value is -1.83. The quantitative estimate of drug-likeness (QED) is 0.435. The second kappa shape index (κ2) is 5.67. The van der Waals surface area contributed by atoms with Crippen molar-refractivity contribution in [2.75, 3.05) is 6.54 Å². The third-order valence-electron chi connectivity index (χ3n) is 5.25. The minimum Gasteiger partial charge on any atom is -0.310 e. The summed E-state index contributed by atoms with van der Waals surface area (Å²) in [5, 5.41) is 12.1. The first kappa shape index (κ1) is 14.7. The summed E-state index contributed by atoms with van der Waals surface area (Å²) in [4.78, 5) is 0. The predicted molar refractivity (Wildman–Crippen MR) is 102 cm³/mol. The van der Waals surface area contributed by atoms with Gasteiger partial charge in [0, 0.05) is 6.04 Å². The molecular weight excluding hydrogens is 302 g/mol. The Kier molecular flexibility index (Phi) is 3.63. The van der Waals surface area contributed by atoms with Gasteiger partial charge >= 0.3 is 0 Å². The van der Waals surface area contributed by atoms with E-state index in [0.29, 0.717) is 6.04 Å². The van der Waals surface area contributed by atoms with Crippen LogP contribution in [0.3, 0.4) is 0 Å². The topological polar surface area (TPSA) is 12.0 Å². The molecule has 4 aromatic carbocycles. The fourth-order valence-electron chi connectivity index (χ4n) is 4.18. The SMILES string of the molecule is Cl.c1cc2ccc3ccc([C@H]4CCCCN4)c4ccc(c1)c2c34. The number of rotatable bonds is 1. The third kappa shape index (κ3) is 2.19. The molecule has 1 nitrogen and oxygen atoms in total. The highest BCUT2D eigenvalue weighted by molar-refractivity contribution is 6.23. The molecule has 1 aliphatic rings. The average Bonchev–Trinajstić information content (AvgIpc) is 2.60. The summed E-state index contributed by atoms with van der Waals surface area (Å²) in [6.45, 7) is 1.15. The highest BCUT2D eigenvalue weighted by atomic mass is 35.5. The molecule has 1 atom stereocenters. The van der Waals surface area contributed by atoms with Crippen LogP contribution in [-0.4, -0.2) is 6.54 Å². The fraction of sp³-hybridized carbons (Fsp3) is 0.238. The maximum absolute atomic E-state index is 3.71. The molecular formula is C21H20ClN. The molecule has 0 aliphatic carbocycles. The first-order valence-corrected chi connectivity index (χ1v) is 8.32. The van der Waals surface area contributed by atoms with Gasteiger partial charge in [0.1, 0.15) is 0 Å². The fourth-order valence-corrected chi connectivity index (χ4v) is 4.18. The van der Waals surface area contributed by atoms with Crippen LogP contribution in [-0.2, 0) is 0 Å². The van der Waals surface area contributed by atoms with E-state index in [1.807, 2.05) is 0 Å². The molecule has 1 N–H and O–H groups in total. The van der Waals surface area contributed by atoms with Gasteiger partial charge in [0.2, 0.25) is 0 Å². The molecule has 0 amide bonds. The molecule has 0 bridgehead atoms. The Morgan fingerprint density at radius 1 is 0.739 bits per heavy atom. The van der Waals surface area contributed by atoms with E-state index in [-0.39, 0.29) is 12.4 Å². The molecule has 0 unspecified atom stereocenters. The van der Waals surface area contributed by atoms with E-state index in [0.717, 1.165) is 6.54 Å². The molecule has 2 heteroatoms. The molecule has 116 valence electrons. The van der Waals surface area contributed by atoms with Crippen molar-refractivity contribution in [2.45, 2.75) is 25.3 Å². The summed E-state index contributed by atoms with van der Waals surface area (Å²) in [6, 6.07) is 20.9. The number of nitrogens with one attached hydrogen (secondary N) is 1. The molecule has 1 heterocycles. The van der Waals surface area contributed by atoms with E-state index in [4.69, 9.17) is 0 Å². The van der Waals surface area contributed by atoms with E-state index >= 15 is 0 Å². The molecule has 23 heavy (non-hydrogen) atoms. The van der Waals surface area contributed by atoms with Crippen molar-refractivity contribution in [3.05, 3.63) is 60.2 Å². The van der Waals surface area contributed by atoms with E-state index in [2.05, 4.69) is 59.9 Å². The van der Waals surface area contributed by atoms with Gasteiger partial charge in [0.05, 0.1) is 0 Å². The van der Waals surface area contributed by atoms with Crippen LogP contribution in [0.25, 0.3) is 32.3 Å². The Morgan fingerprint density at radius 3 is 2.17 bits per heavy atom. The largest absolute Gasteiger partial charge is 0.310 e. The van der Waals surface area contributed by atoms with Crippen LogP contribution in [0, 0.1) is 0 Å². The van der Waals surface area contributed by atoms with Gasteiger partial charge in [-0.05, 0) is 57.3 Å². The monoisotopic (exact) mass is 321 g/mol. The molecule has 0 spiro atoms. The van der Waals surface area contributed by atoms with Crippen LogP contribution >= 0.6 is 12.4 Å². The summed E-state index contributed by atoms with van der Waals surface area (Å²) < 4.78 is 0. The van der Waals surface area contributed by atoms with Crippen molar-refractivity contribution in [2.24, 2.45) is 0 Å². The van der Waals surface area contributed by atoms with Crippen molar-refractivity contribution in [1.29, 1.82) is 0 Å². The summed E-state index contributed by atoms with van der Waals surface area (Å²) in [5.74, 6) is 0. The zero-order valence-electron chi connectivity index (χ0n) is 13.0. The smallest absolute Gasteiger partial charge is 0.0326 e. The van der Waals surface area contributed by atoms with Crippen molar-refractivity contribution < 1.29 is 0 Å². The number of benzene rings is 4. The lowest BCUT2D eigenvalue weighted by atomic mass is 9.88. The van der Waals surface area contributed by atoms with Crippen molar-refractivity contribution >= 4 is 44.7 Å². The molecule has 0 radical (unpaired) electrons. The van der Waals surface area contributed by atoms with Crippen LogP contribution in [0.4, 0.5) is 0 Å². The zero-order chi connectivity index (χ0) is 14.5. The highest BCUT2D eigenvalue weighted by Gasteiger charge is 2.18. The van der Waals surface area contributed by atoms with Crippen molar-refractivity contribution in [1.82, 2.24) is 5.32 Å². The maximum atomic E-state index is 3.71. The second-order valence-electron chi connectivity index (χ2n) is 6.51. The van der Waals surface area contributed by atoms with E-state index in [1.165, 1.54) is 57.1 Å². The lowest BCUT2D eigenvalue weighted by molar-refractivity contribution is 0.414. The zero-order valence-corrected chi connectivity index (χ0v) is 13.8. The predicted octanol–water partition coefficient (Wildman–Crippen LogP) is 5.82. The Balaban J connectivity index is 0.00000135. The molecule has 0 aromatic heterocycles. The van der Waals surface area contributed by atoms with E-state index < -0.39 is 0 Å². The summed E-state index contributed by atoms with van der Waals surface area (Å²) >= 11 is 0. The van der Waals surface area contributed by atoms with Gasteiger partial charge in [0.15, 0.2) is 0 Å². The molecule has 0 saturated carbocycles. The summed E-state index contributed by atoms with van der Waals surface area (Å²) in [6.07, 6.45) is 3.89. The number of hydrogen-bond acceptors (Lipinski definition) is 1. The molecule has 4 aromatic rings. The van der Waals surface area contributed by atoms with Gasteiger partial charge in [-0.15, -0.1) is 12.4 Å². The number of halogens is 1. The first-order valence-electron chi connectivity index (χ1n) is 8.32. The van der Waals surface area contributed by atoms with Gasteiger partial charge in [-0.2, -0.15) is 0 Å². The molecule has 1 saturated heterocycles. The summed E-state index contributed by atoms with van der Waals surface area (Å²) in [7, 11) is 0. The van der Waals surface area contributed by atoms with Gasteiger partial charge in [-0.3, -0.25) is 0 Å². The Labute approximate surface area is 142 Å². The van der Waals surface area contributed by atoms with E-state index in [9.17, 15) is 0 Å². The lowest BCUT2D eigenvalue weighted by Gasteiger charge is -2.26. The molecule has 1 aliphatic heterocycles. The minimum atomic E-state index is 0. The third-order valence-corrected chi connectivity index (χ3v) is 5.25. The van der Waals surface area contributed by atoms with Crippen LogP contribution in [0.2, 0.25) is 0 Å². The van der Waals surface area contributed by atoms with Crippen molar-refractivity contribution in [3.63, 3.8) is 0 Å². The van der Waals surface area contributed by atoms with Gasteiger partial charge in [0.25, 0.3) is 0 Å². The Bertz CT molecular complexity index is 954. The van der Waals surface area contributed by atoms with E-state index in [1.54, 1.807) is 0 Å². The first-order chi connectivity index (χ1) is 10.9. The molecule has 5 rings (SSSR count). The van der Waals surface area contributed by atoms with Gasteiger partial charge < -0.3 is 5.32 Å². The standard InChI is InChI=1S/C21H19N.ClH/c1-2-13-22-19(6-1)17-11-9-16-8-7-14-4-3-5-15-10-12-18(17)21(16)20(14)15;/h3-5,7-12,19,22H,1-2,6,13H2;1H/t19-;/m1./s1. The second-order valence-corrected chi connectivity index (χ2v) is 6.51. The lowest BCUT2D eigenvalue weighted by Crippen LogP contribution is -2.26. The normalized spacial score (nSPS) is 18.5. The van der Waals surface area contributed by atoms with Gasteiger partial charge in [-0.25, -0.2) is 0 Å². The van der Waals surface area contributed by atoms with Gasteiger partial charge in [-0.1, -0.05) is 61.0 Å². The molecule has 1 fully saturated rings. The summed E-state index contributed by atoms with van der Waals surface area (Å²) in [5.41, 5.74) is 1.48.